The van der Waals surface area contributed by atoms with Crippen molar-refractivity contribution >= 4 is 8.07 Å². The van der Waals surface area contributed by atoms with Crippen LogP contribution in [0.4, 0.5) is 0 Å². The van der Waals surface area contributed by atoms with Gasteiger partial charge in [0, 0.05) is 0 Å². The van der Waals surface area contributed by atoms with Crippen LogP contribution in [-0.2, 0) is 0 Å². The van der Waals surface area contributed by atoms with Crippen molar-refractivity contribution in [2.24, 2.45) is 0 Å². The van der Waals surface area contributed by atoms with Crippen molar-refractivity contribution in [3.8, 4) is 0 Å². The molecule has 0 aromatic heterocycles. The summed E-state index contributed by atoms with van der Waals surface area (Å²) in [5, 5.41) is 0. The largest absolute Gasteiger partial charge is 0.0914 e. The molecule has 0 saturated carbocycles. The highest BCUT2D eigenvalue weighted by atomic mass is 28.3. The van der Waals surface area contributed by atoms with Crippen LogP contribution in [0.1, 0.15) is 0 Å². The van der Waals surface area contributed by atoms with Gasteiger partial charge in [-0.2, -0.15) is 0 Å². The first-order valence-electron chi connectivity index (χ1n) is 3.71. The molecule has 0 N–H and O–H groups in total. The third-order valence-electron chi connectivity index (χ3n) is 2.54. The molecular formula is C8H12Si. The molecule has 48 valence electrons. The average Bonchev–Trinajstić information content (AvgIpc) is 2.45. The number of hydrogen-bond donors (Lipinski definition) is 0. The predicted octanol–water partition coefficient (Wildman–Crippen LogP) is 2.57. The van der Waals surface area contributed by atoms with Crippen molar-refractivity contribution in [1.29, 1.82) is 0 Å². The van der Waals surface area contributed by atoms with Gasteiger partial charge in [0.05, 0.1) is 8.07 Å². The number of hydrogen-bond acceptors (Lipinski definition) is 0. The van der Waals surface area contributed by atoms with E-state index in [2.05, 4.69) is 24.3 Å². The Balaban J connectivity index is 2.11. The molecule has 1 spiro atoms. The van der Waals surface area contributed by atoms with Gasteiger partial charge in [0.1, 0.15) is 0 Å². The highest BCUT2D eigenvalue weighted by Gasteiger charge is 2.33. The molecule has 0 aromatic rings. The molecule has 0 fully saturated rings. The topological polar surface area (TPSA) is 0 Å². The first kappa shape index (κ1) is 5.48. The molecule has 0 nitrogen and oxygen atoms in total. The summed E-state index contributed by atoms with van der Waals surface area (Å²) in [7, 11) is -0.691. The lowest BCUT2D eigenvalue weighted by Crippen LogP contribution is -2.25. The monoisotopic (exact) mass is 136 g/mol. The third-order valence-corrected chi connectivity index (χ3v) is 6.94. The normalized spacial score (nSPS) is 28.4. The zero-order chi connectivity index (χ0) is 6.16. The molecule has 9 heavy (non-hydrogen) atoms. The van der Waals surface area contributed by atoms with E-state index in [1.54, 1.807) is 0 Å². The van der Waals surface area contributed by atoms with Gasteiger partial charge in [-0.05, 0) is 24.2 Å². The standard InChI is InChI=1S/C8H12Si/c1-2-6-9(5-1)7-3-4-8-9/h1-4H,5-8H2. The van der Waals surface area contributed by atoms with E-state index in [9.17, 15) is 0 Å². The van der Waals surface area contributed by atoms with E-state index in [1.165, 1.54) is 24.2 Å². The molecule has 2 aliphatic heterocycles. The Morgan fingerprint density at radius 1 is 0.667 bits per heavy atom. The van der Waals surface area contributed by atoms with E-state index < -0.39 is 8.07 Å². The molecule has 0 saturated heterocycles. The van der Waals surface area contributed by atoms with Crippen molar-refractivity contribution in [2.45, 2.75) is 24.2 Å². The van der Waals surface area contributed by atoms with Crippen molar-refractivity contribution in [2.75, 3.05) is 0 Å². The Morgan fingerprint density at radius 3 is 1.33 bits per heavy atom. The number of rotatable bonds is 0. The Bertz CT molecular complexity index is 128. The molecular weight excluding hydrogens is 124 g/mol. The van der Waals surface area contributed by atoms with Gasteiger partial charge >= 0.3 is 0 Å². The first-order valence-corrected chi connectivity index (χ1v) is 6.54. The maximum absolute atomic E-state index is 2.39. The average molecular weight is 136 g/mol. The summed E-state index contributed by atoms with van der Waals surface area (Å²) in [6, 6.07) is 5.83. The Kier molecular flexibility index (Phi) is 1.12. The molecule has 2 heterocycles. The van der Waals surface area contributed by atoms with Crippen molar-refractivity contribution < 1.29 is 0 Å². The van der Waals surface area contributed by atoms with E-state index in [0.29, 0.717) is 0 Å². The Labute approximate surface area is 57.3 Å². The zero-order valence-corrected chi connectivity index (χ0v) is 6.64. The van der Waals surface area contributed by atoms with Crippen LogP contribution < -0.4 is 0 Å². The van der Waals surface area contributed by atoms with Crippen molar-refractivity contribution in [3.05, 3.63) is 24.3 Å². The molecule has 0 radical (unpaired) electrons. The van der Waals surface area contributed by atoms with E-state index in [4.69, 9.17) is 0 Å². The number of allylic oxidation sites excluding steroid dienone is 4. The minimum absolute atomic E-state index is 0.691. The second-order valence-electron chi connectivity index (χ2n) is 3.26. The van der Waals surface area contributed by atoms with E-state index in [-0.39, 0.29) is 0 Å². The fourth-order valence-corrected chi connectivity index (χ4v) is 5.50. The molecule has 0 amide bonds. The second-order valence-corrected chi connectivity index (χ2v) is 7.89. The van der Waals surface area contributed by atoms with Crippen LogP contribution in [0.2, 0.25) is 24.2 Å². The van der Waals surface area contributed by atoms with E-state index in [0.717, 1.165) is 0 Å². The maximum Gasteiger partial charge on any atom is 0.0685 e. The van der Waals surface area contributed by atoms with Gasteiger partial charge in [-0.25, -0.2) is 0 Å². The van der Waals surface area contributed by atoms with Gasteiger partial charge in [-0.15, -0.1) is 0 Å². The fourth-order valence-electron chi connectivity index (χ4n) is 1.83. The van der Waals surface area contributed by atoms with Gasteiger partial charge in [-0.3, -0.25) is 0 Å². The summed E-state index contributed by atoms with van der Waals surface area (Å²) < 4.78 is 0. The lowest BCUT2D eigenvalue weighted by atomic mass is 10.6. The van der Waals surface area contributed by atoms with Crippen LogP contribution >= 0.6 is 0 Å². The molecule has 0 bridgehead atoms. The lowest BCUT2D eigenvalue weighted by Gasteiger charge is -2.18. The minimum atomic E-state index is -0.691. The van der Waals surface area contributed by atoms with Crippen LogP contribution in [0.5, 0.6) is 0 Å². The minimum Gasteiger partial charge on any atom is -0.0914 e. The lowest BCUT2D eigenvalue weighted by molar-refractivity contribution is 1.42. The smallest absolute Gasteiger partial charge is 0.0685 e. The van der Waals surface area contributed by atoms with E-state index in [1.807, 2.05) is 0 Å². The Morgan fingerprint density at radius 2 is 1.00 bits per heavy atom. The molecule has 0 aliphatic carbocycles. The summed E-state index contributed by atoms with van der Waals surface area (Å²) >= 11 is 0. The second kappa shape index (κ2) is 1.84. The highest BCUT2D eigenvalue weighted by molar-refractivity contribution is 6.82. The zero-order valence-electron chi connectivity index (χ0n) is 5.64. The predicted molar refractivity (Wildman–Crippen MR) is 43.3 cm³/mol. The molecule has 0 atom stereocenters. The van der Waals surface area contributed by atoms with Crippen molar-refractivity contribution in [1.82, 2.24) is 0 Å². The SMILES string of the molecule is C1=CC[Si]2(C1)CC=CC2. The maximum atomic E-state index is 2.39. The van der Waals surface area contributed by atoms with Crippen LogP contribution in [0.3, 0.4) is 0 Å². The van der Waals surface area contributed by atoms with Gasteiger partial charge in [0.2, 0.25) is 0 Å². The van der Waals surface area contributed by atoms with Gasteiger partial charge in [0.25, 0.3) is 0 Å². The van der Waals surface area contributed by atoms with E-state index >= 15 is 0 Å². The van der Waals surface area contributed by atoms with Crippen LogP contribution in [-0.4, -0.2) is 8.07 Å². The summed E-state index contributed by atoms with van der Waals surface area (Å²) in [5.41, 5.74) is 0. The molecule has 0 unspecified atom stereocenters. The fraction of sp³-hybridized carbons (Fsp3) is 0.500. The summed E-state index contributed by atoms with van der Waals surface area (Å²) in [4.78, 5) is 0. The molecule has 2 aliphatic rings. The van der Waals surface area contributed by atoms with Gasteiger partial charge < -0.3 is 0 Å². The van der Waals surface area contributed by atoms with Crippen LogP contribution in [0, 0.1) is 0 Å². The quantitative estimate of drug-likeness (QED) is 0.355. The third kappa shape index (κ3) is 0.798. The first-order chi connectivity index (χ1) is 4.41. The van der Waals surface area contributed by atoms with Crippen LogP contribution in [0.25, 0.3) is 0 Å². The molecule has 0 aromatic carbocycles. The van der Waals surface area contributed by atoms with Gasteiger partial charge in [0.15, 0.2) is 0 Å². The van der Waals surface area contributed by atoms with Crippen LogP contribution in [0.15, 0.2) is 24.3 Å². The molecule has 2 rings (SSSR count). The summed E-state index contributed by atoms with van der Waals surface area (Å²) in [6.07, 6.45) is 9.55. The highest BCUT2D eigenvalue weighted by Crippen LogP contribution is 2.36. The molecule has 1 heteroatoms. The summed E-state index contributed by atoms with van der Waals surface area (Å²) in [5.74, 6) is 0. The van der Waals surface area contributed by atoms with Gasteiger partial charge in [-0.1, -0.05) is 24.3 Å². The van der Waals surface area contributed by atoms with Crippen molar-refractivity contribution in [3.63, 3.8) is 0 Å². The summed E-state index contributed by atoms with van der Waals surface area (Å²) in [6.45, 7) is 0. The Hall–Kier alpha value is -0.303.